The fourth-order valence-corrected chi connectivity index (χ4v) is 3.58. The number of thioether (sulfide) groups is 1. The van der Waals surface area contributed by atoms with Crippen molar-refractivity contribution in [3.05, 3.63) is 41.3 Å². The van der Waals surface area contributed by atoms with Crippen LogP contribution >= 0.6 is 23.1 Å². The number of carbonyl (C=O) groups is 2. The lowest BCUT2D eigenvalue weighted by Gasteiger charge is -2.08. The number of carbonyl (C=O) groups excluding carboxylic acids is 2. The third-order valence-corrected chi connectivity index (χ3v) is 4.91. The van der Waals surface area contributed by atoms with Gasteiger partial charge in [0.05, 0.1) is 19.0 Å². The second kappa shape index (κ2) is 9.46. The summed E-state index contributed by atoms with van der Waals surface area (Å²) in [6.07, 6.45) is 0. The summed E-state index contributed by atoms with van der Waals surface area (Å²) in [7, 11) is 0. The number of ether oxygens (including phenoxy) is 1. The lowest BCUT2D eigenvalue weighted by Crippen LogP contribution is -2.16. The molecule has 24 heavy (non-hydrogen) atoms. The molecule has 5 nitrogen and oxygen atoms in total. The van der Waals surface area contributed by atoms with Gasteiger partial charge in [-0.2, -0.15) is 0 Å². The molecule has 1 aromatic carbocycles. The minimum Gasteiger partial charge on any atom is -0.462 e. The van der Waals surface area contributed by atoms with Crippen molar-refractivity contribution >= 4 is 40.0 Å². The van der Waals surface area contributed by atoms with Gasteiger partial charge in [0.15, 0.2) is 0 Å². The average molecular weight is 365 g/mol. The van der Waals surface area contributed by atoms with Crippen LogP contribution in [-0.4, -0.2) is 41.7 Å². The van der Waals surface area contributed by atoms with Crippen molar-refractivity contribution in [3.63, 3.8) is 0 Å². The molecule has 0 atom stereocenters. The van der Waals surface area contributed by atoms with E-state index < -0.39 is 5.97 Å². The van der Waals surface area contributed by atoms with Crippen molar-refractivity contribution in [2.24, 2.45) is 0 Å². The van der Waals surface area contributed by atoms with Gasteiger partial charge in [-0.05, 0) is 12.5 Å². The van der Waals surface area contributed by atoms with Gasteiger partial charge in [0.1, 0.15) is 10.6 Å². The third kappa shape index (κ3) is 4.83. The fraction of sp³-hybridized carbons (Fsp3) is 0.294. The van der Waals surface area contributed by atoms with Crippen LogP contribution in [0.3, 0.4) is 0 Å². The molecule has 1 amide bonds. The van der Waals surface area contributed by atoms with E-state index in [1.807, 2.05) is 35.7 Å². The van der Waals surface area contributed by atoms with Gasteiger partial charge in [0, 0.05) is 16.7 Å². The highest BCUT2D eigenvalue weighted by molar-refractivity contribution is 7.99. The number of amides is 1. The second-order valence-electron chi connectivity index (χ2n) is 4.76. The third-order valence-electron chi connectivity index (χ3n) is 3.08. The van der Waals surface area contributed by atoms with Crippen molar-refractivity contribution in [1.82, 2.24) is 0 Å². The van der Waals surface area contributed by atoms with Crippen LogP contribution in [0, 0.1) is 0 Å². The van der Waals surface area contributed by atoms with E-state index in [0.29, 0.717) is 16.3 Å². The zero-order chi connectivity index (χ0) is 17.4. The van der Waals surface area contributed by atoms with Crippen LogP contribution in [0.25, 0.3) is 11.1 Å². The highest BCUT2D eigenvalue weighted by atomic mass is 32.2. The molecule has 1 aromatic heterocycles. The van der Waals surface area contributed by atoms with Crippen molar-refractivity contribution in [2.75, 3.05) is 30.0 Å². The summed E-state index contributed by atoms with van der Waals surface area (Å²) in [4.78, 5) is 24.4. The predicted molar refractivity (Wildman–Crippen MR) is 98.8 cm³/mol. The summed E-state index contributed by atoms with van der Waals surface area (Å²) in [6.45, 7) is 2.04. The van der Waals surface area contributed by atoms with Crippen LogP contribution in [0.2, 0.25) is 0 Å². The maximum Gasteiger partial charge on any atom is 0.341 e. The molecule has 0 bridgehead atoms. The van der Waals surface area contributed by atoms with Crippen LogP contribution in [0.4, 0.5) is 5.00 Å². The molecule has 1 heterocycles. The van der Waals surface area contributed by atoms with Gasteiger partial charge in [0.2, 0.25) is 5.91 Å². The van der Waals surface area contributed by atoms with Crippen LogP contribution < -0.4 is 5.32 Å². The Labute approximate surface area is 149 Å². The Morgan fingerprint density at radius 2 is 2.04 bits per heavy atom. The molecule has 0 spiro atoms. The number of esters is 1. The first-order chi connectivity index (χ1) is 11.7. The van der Waals surface area contributed by atoms with Crippen molar-refractivity contribution in [3.8, 4) is 11.1 Å². The number of aliphatic hydroxyl groups is 1. The van der Waals surface area contributed by atoms with Crippen molar-refractivity contribution < 1.29 is 19.4 Å². The Balaban J connectivity index is 2.26. The topological polar surface area (TPSA) is 75.6 Å². The van der Waals surface area contributed by atoms with Crippen LogP contribution in [-0.2, 0) is 9.53 Å². The maximum atomic E-state index is 12.4. The molecule has 128 valence electrons. The highest BCUT2D eigenvalue weighted by Crippen LogP contribution is 2.36. The number of rotatable bonds is 8. The lowest BCUT2D eigenvalue weighted by molar-refractivity contribution is -0.113. The molecule has 0 radical (unpaired) electrons. The Morgan fingerprint density at radius 3 is 2.71 bits per heavy atom. The highest BCUT2D eigenvalue weighted by Gasteiger charge is 2.22. The van der Waals surface area contributed by atoms with Gasteiger partial charge < -0.3 is 15.2 Å². The largest absolute Gasteiger partial charge is 0.462 e. The van der Waals surface area contributed by atoms with Crippen molar-refractivity contribution in [2.45, 2.75) is 6.92 Å². The van der Waals surface area contributed by atoms with Gasteiger partial charge in [-0.3, -0.25) is 4.79 Å². The first kappa shape index (κ1) is 18.5. The number of thiophene rings is 1. The van der Waals surface area contributed by atoms with E-state index >= 15 is 0 Å². The summed E-state index contributed by atoms with van der Waals surface area (Å²) in [6, 6.07) is 9.51. The minimum atomic E-state index is -0.448. The molecule has 0 fully saturated rings. The summed E-state index contributed by atoms with van der Waals surface area (Å²) < 4.78 is 5.15. The van der Waals surface area contributed by atoms with Crippen LogP contribution in [0.5, 0.6) is 0 Å². The quantitative estimate of drug-likeness (QED) is 0.555. The normalized spacial score (nSPS) is 10.4. The molecular formula is C17H19NO4S2. The van der Waals surface area contributed by atoms with Crippen molar-refractivity contribution in [1.29, 1.82) is 0 Å². The molecule has 2 N–H and O–H groups in total. The molecule has 0 aliphatic rings. The van der Waals surface area contributed by atoms with Crippen LogP contribution in [0.1, 0.15) is 17.3 Å². The number of nitrogens with one attached hydrogen (secondary N) is 1. The molecule has 7 heteroatoms. The number of hydrogen-bond acceptors (Lipinski definition) is 6. The summed E-state index contributed by atoms with van der Waals surface area (Å²) >= 11 is 2.64. The van der Waals surface area contributed by atoms with Gasteiger partial charge in [0.25, 0.3) is 0 Å². The number of aliphatic hydroxyl groups excluding tert-OH is 1. The van der Waals surface area contributed by atoms with Crippen LogP contribution in [0.15, 0.2) is 35.7 Å². The Bertz CT molecular complexity index is 685. The number of anilines is 1. The average Bonchev–Trinajstić information content (AvgIpc) is 2.99. The fourth-order valence-electron chi connectivity index (χ4n) is 2.08. The zero-order valence-corrected chi connectivity index (χ0v) is 14.9. The Kier molecular flexibility index (Phi) is 7.30. The number of benzene rings is 1. The predicted octanol–water partition coefficient (Wildman–Crippen LogP) is 3.26. The molecule has 0 aliphatic carbocycles. The van der Waals surface area contributed by atoms with Gasteiger partial charge in [-0.15, -0.1) is 23.1 Å². The van der Waals surface area contributed by atoms with Gasteiger partial charge in [-0.1, -0.05) is 30.3 Å². The smallest absolute Gasteiger partial charge is 0.341 e. The molecule has 0 aliphatic heterocycles. The zero-order valence-electron chi connectivity index (χ0n) is 13.3. The molecule has 0 saturated heterocycles. The van der Waals surface area contributed by atoms with E-state index in [0.717, 1.165) is 11.1 Å². The van der Waals surface area contributed by atoms with Gasteiger partial charge in [-0.25, -0.2) is 4.79 Å². The van der Waals surface area contributed by atoms with E-state index in [4.69, 9.17) is 9.84 Å². The summed E-state index contributed by atoms with van der Waals surface area (Å²) in [5, 5.41) is 13.9. The van der Waals surface area contributed by atoms with E-state index in [9.17, 15) is 9.59 Å². The molecule has 0 unspecified atom stereocenters. The summed E-state index contributed by atoms with van der Waals surface area (Å²) in [5.74, 6) is 0.0653. The lowest BCUT2D eigenvalue weighted by atomic mass is 10.0. The molecule has 0 saturated carbocycles. The number of hydrogen-bond donors (Lipinski definition) is 2. The first-order valence-electron chi connectivity index (χ1n) is 7.49. The van der Waals surface area contributed by atoms with E-state index in [1.165, 1.54) is 23.1 Å². The molecule has 2 rings (SSSR count). The second-order valence-corrected chi connectivity index (χ2v) is 6.75. The monoisotopic (exact) mass is 365 g/mol. The Hall–Kier alpha value is -1.83. The first-order valence-corrected chi connectivity index (χ1v) is 9.53. The SMILES string of the molecule is CCOC(=O)c1c(-c2ccccc2)csc1NC(=O)CSCCO. The van der Waals surface area contributed by atoms with E-state index in [2.05, 4.69) is 5.32 Å². The standard InChI is InChI=1S/C17H19NO4S2/c1-2-22-17(21)15-13(12-6-4-3-5-7-12)10-24-16(15)18-14(20)11-23-9-8-19/h3-7,10,19H,2,8-9,11H2,1H3,(H,18,20). The molecule has 2 aromatic rings. The maximum absolute atomic E-state index is 12.4. The summed E-state index contributed by atoms with van der Waals surface area (Å²) in [5.41, 5.74) is 2.03. The van der Waals surface area contributed by atoms with E-state index in [-0.39, 0.29) is 24.9 Å². The Morgan fingerprint density at radius 1 is 1.29 bits per heavy atom. The van der Waals surface area contributed by atoms with E-state index in [1.54, 1.807) is 6.92 Å². The minimum absolute atomic E-state index is 0.0309. The van der Waals surface area contributed by atoms with Gasteiger partial charge >= 0.3 is 5.97 Å². The molecular weight excluding hydrogens is 346 g/mol.